The Bertz CT molecular complexity index is 842. The summed E-state index contributed by atoms with van der Waals surface area (Å²) in [4.78, 5) is 26.2. The number of ether oxygens (including phenoxy) is 1. The summed E-state index contributed by atoms with van der Waals surface area (Å²) < 4.78 is 5.30. The van der Waals surface area contributed by atoms with Gasteiger partial charge in [0, 0.05) is 10.0 Å². The van der Waals surface area contributed by atoms with Crippen LogP contribution in [0.2, 0.25) is 15.1 Å². The van der Waals surface area contributed by atoms with Crippen molar-refractivity contribution in [2.24, 2.45) is 0 Å². The normalized spacial score (nSPS) is 17.3. The lowest BCUT2D eigenvalue weighted by molar-refractivity contribution is -0.117. The zero-order valence-electron chi connectivity index (χ0n) is 13.0. The topological polar surface area (TPSA) is 46.6 Å². The van der Waals surface area contributed by atoms with E-state index in [0.29, 0.717) is 32.1 Å². The maximum absolute atomic E-state index is 12.7. The molecule has 1 fully saturated rings. The fourth-order valence-corrected chi connectivity index (χ4v) is 4.36. The van der Waals surface area contributed by atoms with E-state index in [9.17, 15) is 9.59 Å². The molecule has 1 aliphatic rings. The quantitative estimate of drug-likeness (QED) is 0.663. The Morgan fingerprint density at radius 2 is 1.76 bits per heavy atom. The minimum atomic E-state index is -0.577. The number of hydrogen-bond acceptors (Lipinski definition) is 4. The molecule has 0 saturated carbocycles. The number of thioether (sulfide) groups is 1. The Hall–Kier alpha value is -1.40. The third-order valence-corrected chi connectivity index (χ3v) is 5.49. The first-order chi connectivity index (χ1) is 11.9. The van der Waals surface area contributed by atoms with Crippen molar-refractivity contribution in [3.63, 3.8) is 0 Å². The summed E-state index contributed by atoms with van der Waals surface area (Å²) in [7, 11) is 1.49. The molecule has 25 heavy (non-hydrogen) atoms. The van der Waals surface area contributed by atoms with E-state index in [4.69, 9.17) is 39.5 Å². The van der Waals surface area contributed by atoms with Crippen molar-refractivity contribution < 1.29 is 14.3 Å². The van der Waals surface area contributed by atoms with Gasteiger partial charge in [-0.25, -0.2) is 4.90 Å². The van der Waals surface area contributed by atoms with Crippen molar-refractivity contribution in [1.29, 1.82) is 0 Å². The maximum Gasteiger partial charge on any atom is 0.293 e. The van der Waals surface area contributed by atoms with Gasteiger partial charge in [-0.2, -0.15) is 0 Å². The molecule has 130 valence electrons. The second-order valence-corrected chi connectivity index (χ2v) is 7.74. The molecule has 1 saturated heterocycles. The van der Waals surface area contributed by atoms with E-state index in [1.165, 1.54) is 7.11 Å². The molecule has 1 atom stereocenters. The van der Waals surface area contributed by atoms with Gasteiger partial charge >= 0.3 is 0 Å². The van der Waals surface area contributed by atoms with E-state index in [1.54, 1.807) is 36.4 Å². The highest BCUT2D eigenvalue weighted by Crippen LogP contribution is 2.38. The van der Waals surface area contributed by atoms with E-state index in [-0.39, 0.29) is 17.6 Å². The van der Waals surface area contributed by atoms with Gasteiger partial charge in [-0.1, -0.05) is 46.6 Å². The zero-order valence-corrected chi connectivity index (χ0v) is 16.0. The van der Waals surface area contributed by atoms with Crippen LogP contribution in [0.3, 0.4) is 0 Å². The van der Waals surface area contributed by atoms with Crippen molar-refractivity contribution in [3.05, 3.63) is 57.0 Å². The maximum atomic E-state index is 12.7. The highest BCUT2D eigenvalue weighted by molar-refractivity contribution is 8.15. The number of methoxy groups -OCH3 is 1. The van der Waals surface area contributed by atoms with Crippen LogP contribution in [-0.4, -0.2) is 23.5 Å². The van der Waals surface area contributed by atoms with Crippen molar-refractivity contribution in [3.8, 4) is 5.75 Å². The molecule has 2 amide bonds. The molecular weight excluding hydrogens is 405 g/mol. The minimum absolute atomic E-state index is 0.281. The summed E-state index contributed by atoms with van der Waals surface area (Å²) in [6.07, 6.45) is 0.281. The van der Waals surface area contributed by atoms with Crippen LogP contribution in [0.5, 0.6) is 5.75 Å². The second-order valence-electron chi connectivity index (χ2n) is 5.31. The Morgan fingerprint density at radius 1 is 1.08 bits per heavy atom. The molecule has 0 spiro atoms. The van der Waals surface area contributed by atoms with Crippen LogP contribution < -0.4 is 9.64 Å². The van der Waals surface area contributed by atoms with Crippen molar-refractivity contribution >= 4 is 63.4 Å². The molecule has 0 radical (unpaired) electrons. The van der Waals surface area contributed by atoms with Crippen LogP contribution in [0, 0.1) is 0 Å². The first-order valence-corrected chi connectivity index (χ1v) is 9.24. The van der Waals surface area contributed by atoms with Crippen LogP contribution in [0.4, 0.5) is 10.5 Å². The Labute approximate surface area is 164 Å². The van der Waals surface area contributed by atoms with E-state index < -0.39 is 5.25 Å². The highest BCUT2D eigenvalue weighted by Gasteiger charge is 2.41. The SMILES string of the molecule is COc1c(Cl)cc(Cl)cc1C[C@H]1SC(=O)N(c2ccc(Cl)cc2)C1=O. The van der Waals surface area contributed by atoms with Gasteiger partial charge in [0.25, 0.3) is 5.24 Å². The Balaban J connectivity index is 1.87. The van der Waals surface area contributed by atoms with E-state index in [1.807, 2.05) is 0 Å². The van der Waals surface area contributed by atoms with Gasteiger partial charge in [0.1, 0.15) is 5.75 Å². The van der Waals surface area contributed by atoms with E-state index in [0.717, 1.165) is 16.7 Å². The number of hydrogen-bond donors (Lipinski definition) is 0. The second kappa shape index (κ2) is 7.46. The number of carbonyl (C=O) groups excluding carboxylic acids is 2. The van der Waals surface area contributed by atoms with Crippen LogP contribution in [0.15, 0.2) is 36.4 Å². The number of carbonyl (C=O) groups is 2. The lowest BCUT2D eigenvalue weighted by Crippen LogP contribution is -2.32. The van der Waals surface area contributed by atoms with Gasteiger partial charge in [0.05, 0.1) is 23.1 Å². The summed E-state index contributed by atoms with van der Waals surface area (Å²) in [6.45, 7) is 0. The smallest absolute Gasteiger partial charge is 0.293 e. The Kier molecular flexibility index (Phi) is 5.49. The van der Waals surface area contributed by atoms with Crippen LogP contribution in [0.1, 0.15) is 5.56 Å². The summed E-state index contributed by atoms with van der Waals surface area (Å²) in [5.74, 6) is 0.160. The molecule has 2 aromatic rings. The van der Waals surface area contributed by atoms with Crippen molar-refractivity contribution in [2.75, 3.05) is 12.0 Å². The predicted molar refractivity (Wildman–Crippen MR) is 102 cm³/mol. The largest absolute Gasteiger partial charge is 0.495 e. The third-order valence-electron chi connectivity index (χ3n) is 3.70. The standard InChI is InChI=1S/C17H12Cl3NO3S/c1-24-15-9(6-11(19)8-13(15)20)7-14-16(22)21(17(23)25-14)12-4-2-10(18)3-5-12/h2-6,8,14H,7H2,1H3/t14-/m1/s1. The molecule has 1 aliphatic heterocycles. The fourth-order valence-electron chi connectivity index (χ4n) is 2.60. The highest BCUT2D eigenvalue weighted by atomic mass is 35.5. The lowest BCUT2D eigenvalue weighted by Gasteiger charge is -2.15. The summed E-state index contributed by atoms with van der Waals surface area (Å²) >= 11 is 19.0. The van der Waals surface area contributed by atoms with Gasteiger partial charge in [0.2, 0.25) is 5.91 Å². The molecule has 8 heteroatoms. The molecule has 0 N–H and O–H groups in total. The first-order valence-electron chi connectivity index (χ1n) is 7.22. The summed E-state index contributed by atoms with van der Waals surface area (Å²) in [5.41, 5.74) is 1.17. The van der Waals surface area contributed by atoms with Crippen molar-refractivity contribution in [1.82, 2.24) is 0 Å². The molecule has 0 aliphatic carbocycles. The number of nitrogens with zero attached hydrogens (tertiary/aromatic N) is 1. The molecule has 4 nitrogen and oxygen atoms in total. The van der Waals surface area contributed by atoms with E-state index in [2.05, 4.69) is 0 Å². The zero-order chi connectivity index (χ0) is 18.1. The number of anilines is 1. The first kappa shape index (κ1) is 18.4. The van der Waals surface area contributed by atoms with Gasteiger partial charge in [-0.05, 0) is 48.4 Å². The molecule has 3 rings (SSSR count). The lowest BCUT2D eigenvalue weighted by atomic mass is 10.1. The molecule has 0 bridgehead atoms. The molecule has 0 aromatic heterocycles. The van der Waals surface area contributed by atoms with Crippen LogP contribution in [-0.2, 0) is 11.2 Å². The summed E-state index contributed by atoms with van der Waals surface area (Å²) in [5, 5.41) is 0.430. The van der Waals surface area contributed by atoms with E-state index >= 15 is 0 Å². The molecular formula is C17H12Cl3NO3S. The number of halogens is 3. The molecule has 1 heterocycles. The third kappa shape index (κ3) is 3.75. The number of imide groups is 1. The predicted octanol–water partition coefficient (Wildman–Crippen LogP) is 5.47. The van der Waals surface area contributed by atoms with Gasteiger partial charge in [-0.15, -0.1) is 0 Å². The van der Waals surface area contributed by atoms with Crippen LogP contribution in [0.25, 0.3) is 0 Å². The summed E-state index contributed by atoms with van der Waals surface area (Å²) in [6, 6.07) is 9.80. The minimum Gasteiger partial charge on any atom is -0.495 e. The number of benzene rings is 2. The average molecular weight is 417 g/mol. The molecule has 2 aromatic carbocycles. The van der Waals surface area contributed by atoms with Crippen LogP contribution >= 0.6 is 46.6 Å². The number of rotatable bonds is 4. The van der Waals surface area contributed by atoms with Gasteiger partial charge in [0.15, 0.2) is 0 Å². The Morgan fingerprint density at radius 3 is 2.40 bits per heavy atom. The number of amides is 2. The molecule has 0 unspecified atom stereocenters. The van der Waals surface area contributed by atoms with Crippen molar-refractivity contribution in [2.45, 2.75) is 11.7 Å². The average Bonchev–Trinajstić information content (AvgIpc) is 2.82. The van der Waals surface area contributed by atoms with Gasteiger partial charge in [-0.3, -0.25) is 9.59 Å². The fraction of sp³-hybridized carbons (Fsp3) is 0.176. The van der Waals surface area contributed by atoms with Gasteiger partial charge < -0.3 is 4.74 Å². The monoisotopic (exact) mass is 415 g/mol.